The zero-order valence-electron chi connectivity index (χ0n) is 11.9. The second kappa shape index (κ2) is 7.41. The van der Waals surface area contributed by atoms with Crippen LogP contribution in [0.4, 0.5) is 0 Å². The van der Waals surface area contributed by atoms with Crippen molar-refractivity contribution in [2.75, 3.05) is 19.8 Å². The number of benzene rings is 1. The van der Waals surface area contributed by atoms with Crippen LogP contribution in [-0.4, -0.2) is 19.8 Å². The fraction of sp³-hybridized carbons (Fsp3) is 0.625. The third kappa shape index (κ3) is 4.04. The van der Waals surface area contributed by atoms with E-state index >= 15 is 0 Å². The molecule has 1 fully saturated rings. The molecule has 2 rings (SSSR count). The Hall–Kier alpha value is -0.380. The van der Waals surface area contributed by atoms with Gasteiger partial charge in [-0.1, -0.05) is 35.0 Å². The number of hydrogen-bond acceptors (Lipinski definition) is 2. The van der Waals surface area contributed by atoms with E-state index in [1.54, 1.807) is 0 Å². The Bertz CT molecular complexity index is 402. The average Bonchev–Trinajstić information content (AvgIpc) is 2.44. The van der Waals surface area contributed by atoms with Gasteiger partial charge in [-0.15, -0.1) is 0 Å². The van der Waals surface area contributed by atoms with Crippen LogP contribution in [0.3, 0.4) is 0 Å². The van der Waals surface area contributed by atoms with Crippen LogP contribution in [0.2, 0.25) is 0 Å². The number of nitrogens with one attached hydrogen (secondary N) is 1. The Morgan fingerprint density at radius 2 is 2.32 bits per heavy atom. The lowest BCUT2D eigenvalue weighted by Gasteiger charge is -2.31. The Morgan fingerprint density at radius 3 is 2.95 bits per heavy atom. The molecule has 1 heterocycles. The van der Waals surface area contributed by atoms with Crippen LogP contribution >= 0.6 is 15.9 Å². The molecule has 0 spiro atoms. The Balaban J connectivity index is 2.17. The molecule has 0 aliphatic carbocycles. The molecule has 3 heteroatoms. The molecular formula is C16H24BrNO. The normalized spacial score (nSPS) is 21.3. The minimum absolute atomic E-state index is 0.423. The number of ether oxygens (including phenoxy) is 1. The second-order valence-corrected chi connectivity index (χ2v) is 6.27. The molecule has 0 radical (unpaired) electrons. The van der Waals surface area contributed by atoms with Gasteiger partial charge in [0.2, 0.25) is 0 Å². The van der Waals surface area contributed by atoms with Gasteiger partial charge in [-0.3, -0.25) is 0 Å². The van der Waals surface area contributed by atoms with Gasteiger partial charge < -0.3 is 10.1 Å². The summed E-state index contributed by atoms with van der Waals surface area (Å²) in [7, 11) is 0. The summed E-state index contributed by atoms with van der Waals surface area (Å²) in [6.07, 6.45) is 3.61. The monoisotopic (exact) mass is 325 g/mol. The van der Waals surface area contributed by atoms with Crippen LogP contribution in [-0.2, 0) is 4.74 Å². The molecule has 2 atom stereocenters. The lowest BCUT2D eigenvalue weighted by atomic mass is 9.88. The van der Waals surface area contributed by atoms with E-state index in [1.165, 1.54) is 34.9 Å². The van der Waals surface area contributed by atoms with Crippen molar-refractivity contribution < 1.29 is 4.74 Å². The number of halogens is 1. The van der Waals surface area contributed by atoms with Gasteiger partial charge >= 0.3 is 0 Å². The lowest BCUT2D eigenvalue weighted by molar-refractivity contribution is 0.0390. The predicted molar refractivity (Wildman–Crippen MR) is 83.5 cm³/mol. The number of rotatable bonds is 5. The van der Waals surface area contributed by atoms with Crippen molar-refractivity contribution in [3.63, 3.8) is 0 Å². The van der Waals surface area contributed by atoms with E-state index in [1.807, 2.05) is 0 Å². The van der Waals surface area contributed by atoms with E-state index in [-0.39, 0.29) is 0 Å². The Labute approximate surface area is 125 Å². The second-order valence-electron chi connectivity index (χ2n) is 5.42. The van der Waals surface area contributed by atoms with Crippen molar-refractivity contribution in [2.45, 2.75) is 39.2 Å². The maximum absolute atomic E-state index is 5.67. The lowest BCUT2D eigenvalue weighted by Crippen LogP contribution is -2.33. The summed E-state index contributed by atoms with van der Waals surface area (Å²) in [6, 6.07) is 7.12. The van der Waals surface area contributed by atoms with Crippen molar-refractivity contribution in [1.82, 2.24) is 5.32 Å². The van der Waals surface area contributed by atoms with E-state index in [0.717, 1.165) is 19.8 Å². The molecule has 1 N–H and O–H groups in total. The van der Waals surface area contributed by atoms with E-state index in [4.69, 9.17) is 4.74 Å². The number of aryl methyl sites for hydroxylation is 1. The maximum Gasteiger partial charge on any atom is 0.0512 e. The summed E-state index contributed by atoms with van der Waals surface area (Å²) in [5.74, 6) is 0.598. The minimum Gasteiger partial charge on any atom is -0.381 e. The molecule has 0 saturated carbocycles. The van der Waals surface area contributed by atoms with Gasteiger partial charge in [0.15, 0.2) is 0 Å². The maximum atomic E-state index is 5.67. The Morgan fingerprint density at radius 1 is 1.47 bits per heavy atom. The molecule has 0 bridgehead atoms. The van der Waals surface area contributed by atoms with Crippen LogP contribution in [0.1, 0.15) is 43.4 Å². The quantitative estimate of drug-likeness (QED) is 0.874. The molecular weight excluding hydrogens is 302 g/mol. The highest BCUT2D eigenvalue weighted by Crippen LogP contribution is 2.30. The summed E-state index contributed by atoms with van der Waals surface area (Å²) in [4.78, 5) is 0. The first kappa shape index (κ1) is 15.0. The Kier molecular flexibility index (Phi) is 5.86. The van der Waals surface area contributed by atoms with E-state index in [9.17, 15) is 0 Å². The van der Waals surface area contributed by atoms with Gasteiger partial charge in [0.05, 0.1) is 6.61 Å². The predicted octanol–water partition coefficient (Wildman–Crippen LogP) is 4.22. The van der Waals surface area contributed by atoms with Crippen molar-refractivity contribution in [3.8, 4) is 0 Å². The zero-order valence-corrected chi connectivity index (χ0v) is 13.5. The summed E-state index contributed by atoms with van der Waals surface area (Å²) in [5.41, 5.74) is 2.70. The molecule has 1 aliphatic rings. The van der Waals surface area contributed by atoms with Crippen molar-refractivity contribution >= 4 is 15.9 Å². The molecule has 1 aromatic carbocycles. The van der Waals surface area contributed by atoms with E-state index in [0.29, 0.717) is 12.0 Å². The zero-order chi connectivity index (χ0) is 13.7. The summed E-state index contributed by atoms with van der Waals surface area (Å²) < 4.78 is 6.85. The van der Waals surface area contributed by atoms with Gasteiger partial charge in [-0.25, -0.2) is 0 Å². The van der Waals surface area contributed by atoms with E-state index in [2.05, 4.69) is 53.3 Å². The van der Waals surface area contributed by atoms with Crippen LogP contribution in [0, 0.1) is 12.8 Å². The van der Waals surface area contributed by atoms with Crippen LogP contribution in [0.15, 0.2) is 22.7 Å². The molecule has 2 nitrogen and oxygen atoms in total. The SMILES string of the molecule is CCCNC(c1ccc(Br)c(C)c1)C1CCCOC1. The third-order valence-corrected chi connectivity index (χ3v) is 4.71. The first-order valence-corrected chi connectivity index (χ1v) is 8.09. The summed E-state index contributed by atoms with van der Waals surface area (Å²) >= 11 is 3.58. The topological polar surface area (TPSA) is 21.3 Å². The first-order chi connectivity index (χ1) is 9.22. The molecule has 0 aromatic heterocycles. The largest absolute Gasteiger partial charge is 0.381 e. The first-order valence-electron chi connectivity index (χ1n) is 7.29. The van der Waals surface area contributed by atoms with Crippen LogP contribution < -0.4 is 5.32 Å². The molecule has 106 valence electrons. The summed E-state index contributed by atoms with van der Waals surface area (Å²) in [5, 5.41) is 3.71. The van der Waals surface area contributed by atoms with Gasteiger partial charge in [0, 0.05) is 23.0 Å². The molecule has 1 aromatic rings. The van der Waals surface area contributed by atoms with Gasteiger partial charge in [0.1, 0.15) is 0 Å². The minimum atomic E-state index is 0.423. The molecule has 1 aliphatic heterocycles. The van der Waals surface area contributed by atoms with Gasteiger partial charge in [-0.2, -0.15) is 0 Å². The highest BCUT2D eigenvalue weighted by Gasteiger charge is 2.25. The molecule has 0 amide bonds. The molecule has 19 heavy (non-hydrogen) atoms. The van der Waals surface area contributed by atoms with Gasteiger partial charge in [-0.05, 0) is 49.9 Å². The standard InChI is InChI=1S/C16H24BrNO/c1-3-8-18-16(14-5-4-9-19-11-14)13-6-7-15(17)12(2)10-13/h6-7,10,14,16,18H,3-5,8-9,11H2,1-2H3. The fourth-order valence-electron chi connectivity index (χ4n) is 2.75. The molecule has 1 saturated heterocycles. The fourth-order valence-corrected chi connectivity index (χ4v) is 2.99. The van der Waals surface area contributed by atoms with Crippen LogP contribution in [0.25, 0.3) is 0 Å². The average molecular weight is 326 g/mol. The van der Waals surface area contributed by atoms with Crippen molar-refractivity contribution in [3.05, 3.63) is 33.8 Å². The third-order valence-electron chi connectivity index (χ3n) is 3.82. The van der Waals surface area contributed by atoms with E-state index < -0.39 is 0 Å². The van der Waals surface area contributed by atoms with Crippen molar-refractivity contribution in [1.29, 1.82) is 0 Å². The smallest absolute Gasteiger partial charge is 0.0512 e. The van der Waals surface area contributed by atoms with Crippen LogP contribution in [0.5, 0.6) is 0 Å². The van der Waals surface area contributed by atoms with Gasteiger partial charge in [0.25, 0.3) is 0 Å². The summed E-state index contributed by atoms with van der Waals surface area (Å²) in [6.45, 7) is 7.25. The highest BCUT2D eigenvalue weighted by molar-refractivity contribution is 9.10. The highest BCUT2D eigenvalue weighted by atomic mass is 79.9. The molecule has 2 unspecified atom stereocenters. The van der Waals surface area contributed by atoms with Crippen molar-refractivity contribution in [2.24, 2.45) is 5.92 Å². The number of hydrogen-bond donors (Lipinski definition) is 1.